The van der Waals surface area contributed by atoms with Crippen molar-refractivity contribution in [3.63, 3.8) is 0 Å². The van der Waals surface area contributed by atoms with Crippen molar-refractivity contribution in [1.82, 2.24) is 0 Å². The number of carbonyl (C=O) groups excluding carboxylic acids is 2. The lowest BCUT2D eigenvalue weighted by atomic mass is 9.90. The van der Waals surface area contributed by atoms with Crippen molar-refractivity contribution in [2.24, 2.45) is 0 Å². The summed E-state index contributed by atoms with van der Waals surface area (Å²) in [5.74, 6) is -0.00490. The lowest BCUT2D eigenvalue weighted by Crippen LogP contribution is -2.41. The van der Waals surface area contributed by atoms with E-state index in [0.29, 0.717) is 23.6 Å². The van der Waals surface area contributed by atoms with Crippen LogP contribution >= 0.6 is 0 Å². The Kier molecular flexibility index (Phi) is 4.59. The van der Waals surface area contributed by atoms with Gasteiger partial charge in [-0.1, -0.05) is 36.4 Å². The highest BCUT2D eigenvalue weighted by atomic mass is 16.5. The zero-order valence-electron chi connectivity index (χ0n) is 14.4. The van der Waals surface area contributed by atoms with E-state index in [-0.39, 0.29) is 18.7 Å². The number of hydrogen-bond donors (Lipinski definition) is 1. The number of ether oxygens (including phenoxy) is 1. The average molecular weight is 339 g/mol. The minimum Gasteiger partial charge on any atom is -0.494 e. The second-order valence-electron chi connectivity index (χ2n) is 6.19. The summed E-state index contributed by atoms with van der Waals surface area (Å²) in [6.45, 7) is 4.07. The van der Waals surface area contributed by atoms with Gasteiger partial charge in [-0.3, -0.25) is 9.59 Å². The second-order valence-corrected chi connectivity index (χ2v) is 6.19. The van der Waals surface area contributed by atoms with Crippen LogP contribution in [0.1, 0.15) is 31.4 Å². The van der Waals surface area contributed by atoms with Gasteiger partial charge in [0.2, 0.25) is 0 Å². The van der Waals surface area contributed by atoms with Crippen LogP contribution in [0, 0.1) is 0 Å². The van der Waals surface area contributed by atoms with E-state index in [1.807, 2.05) is 37.3 Å². The van der Waals surface area contributed by atoms with Crippen LogP contribution in [0.15, 0.2) is 48.5 Å². The number of amides is 1. The zero-order valence-corrected chi connectivity index (χ0v) is 14.4. The predicted octanol–water partition coefficient (Wildman–Crippen LogP) is 2.80. The number of aliphatic hydroxyl groups is 1. The first-order valence-electron chi connectivity index (χ1n) is 8.31. The monoisotopic (exact) mass is 339 g/mol. The van der Waals surface area contributed by atoms with Crippen molar-refractivity contribution < 1.29 is 19.4 Å². The van der Waals surface area contributed by atoms with Gasteiger partial charge in [-0.05, 0) is 26.0 Å². The number of fused-ring (bicyclic) bond motifs is 1. The molecule has 1 atom stereocenters. The summed E-state index contributed by atoms with van der Waals surface area (Å²) in [4.78, 5) is 26.1. The second kappa shape index (κ2) is 6.69. The number of Topliss-reactive ketones (excluding diaryl/α,β-unsaturated/α-hetero) is 1. The van der Waals surface area contributed by atoms with Crippen LogP contribution in [-0.4, -0.2) is 23.4 Å². The molecule has 1 aliphatic heterocycles. The van der Waals surface area contributed by atoms with Crippen molar-refractivity contribution in [2.45, 2.75) is 32.4 Å². The summed E-state index contributed by atoms with van der Waals surface area (Å²) in [7, 11) is 0. The fraction of sp³-hybridized carbons (Fsp3) is 0.300. The van der Waals surface area contributed by atoms with Crippen LogP contribution in [0.3, 0.4) is 0 Å². The molecule has 0 aliphatic carbocycles. The molecule has 5 heteroatoms. The number of anilines is 1. The Morgan fingerprint density at radius 2 is 1.84 bits per heavy atom. The van der Waals surface area contributed by atoms with E-state index in [9.17, 15) is 14.7 Å². The van der Waals surface area contributed by atoms with Gasteiger partial charge in [-0.15, -0.1) is 0 Å². The maximum Gasteiger partial charge on any atom is 0.264 e. The standard InChI is InChI=1S/C20H21NO4/c1-3-25-18-11-7-4-8-15(18)13-21-17-10-6-5-9-16(17)20(24,19(21)23)12-14(2)22/h4-11,24H,3,12-13H2,1-2H3/t20-/m0/s1. The lowest BCUT2D eigenvalue weighted by molar-refractivity contribution is -0.141. The predicted molar refractivity (Wildman–Crippen MR) is 94.4 cm³/mol. The van der Waals surface area contributed by atoms with Crippen LogP contribution in [0.2, 0.25) is 0 Å². The summed E-state index contributed by atoms with van der Waals surface area (Å²) >= 11 is 0. The van der Waals surface area contributed by atoms with Crippen LogP contribution in [0.4, 0.5) is 5.69 Å². The third kappa shape index (κ3) is 3.03. The highest BCUT2D eigenvalue weighted by Gasteiger charge is 2.50. The molecule has 1 aliphatic rings. The fourth-order valence-corrected chi connectivity index (χ4v) is 3.30. The molecule has 0 bridgehead atoms. The smallest absolute Gasteiger partial charge is 0.264 e. The molecular weight excluding hydrogens is 318 g/mol. The van der Waals surface area contributed by atoms with Crippen molar-refractivity contribution in [1.29, 1.82) is 0 Å². The lowest BCUT2D eigenvalue weighted by Gasteiger charge is -2.23. The number of hydrogen-bond acceptors (Lipinski definition) is 4. The van der Waals surface area contributed by atoms with Gasteiger partial charge >= 0.3 is 0 Å². The molecule has 25 heavy (non-hydrogen) atoms. The molecular formula is C20H21NO4. The number of nitrogens with zero attached hydrogens (tertiary/aromatic N) is 1. The van der Waals surface area contributed by atoms with Crippen LogP contribution < -0.4 is 9.64 Å². The molecule has 130 valence electrons. The first-order chi connectivity index (χ1) is 12.0. The molecule has 1 amide bonds. The number of ketones is 1. The van der Waals surface area contributed by atoms with E-state index in [1.165, 1.54) is 11.8 Å². The van der Waals surface area contributed by atoms with Gasteiger partial charge in [0, 0.05) is 17.5 Å². The molecule has 1 heterocycles. The van der Waals surface area contributed by atoms with E-state index in [1.54, 1.807) is 18.2 Å². The highest BCUT2D eigenvalue weighted by molar-refractivity contribution is 6.08. The van der Waals surface area contributed by atoms with E-state index in [0.717, 1.165) is 5.56 Å². The summed E-state index contributed by atoms with van der Waals surface area (Å²) < 4.78 is 5.63. The van der Waals surface area contributed by atoms with Crippen LogP contribution in [0.5, 0.6) is 5.75 Å². The van der Waals surface area contributed by atoms with Gasteiger partial charge in [0.15, 0.2) is 5.60 Å². The molecule has 0 radical (unpaired) electrons. The van der Waals surface area contributed by atoms with Crippen molar-refractivity contribution in [2.75, 3.05) is 11.5 Å². The molecule has 0 saturated heterocycles. The molecule has 1 N–H and O–H groups in total. The number of para-hydroxylation sites is 2. The Morgan fingerprint density at radius 1 is 1.16 bits per heavy atom. The zero-order chi connectivity index (χ0) is 18.0. The molecule has 3 rings (SSSR count). The maximum atomic E-state index is 13.0. The van der Waals surface area contributed by atoms with Gasteiger partial charge in [0.05, 0.1) is 18.8 Å². The van der Waals surface area contributed by atoms with Crippen molar-refractivity contribution >= 4 is 17.4 Å². The Labute approximate surface area is 146 Å². The largest absolute Gasteiger partial charge is 0.494 e. The molecule has 0 aromatic heterocycles. The summed E-state index contributed by atoms with van der Waals surface area (Å²) in [6.07, 6.45) is -0.230. The van der Waals surface area contributed by atoms with Crippen molar-refractivity contribution in [3.8, 4) is 5.75 Å². The first-order valence-corrected chi connectivity index (χ1v) is 8.31. The topological polar surface area (TPSA) is 66.8 Å². The minimum absolute atomic E-state index is 0.230. The van der Waals surface area contributed by atoms with Crippen LogP contribution in [-0.2, 0) is 21.7 Å². The molecule has 0 spiro atoms. The molecule has 0 unspecified atom stereocenters. The van der Waals surface area contributed by atoms with Gasteiger partial charge < -0.3 is 14.7 Å². The fourth-order valence-electron chi connectivity index (χ4n) is 3.30. The maximum absolute atomic E-state index is 13.0. The summed E-state index contributed by atoms with van der Waals surface area (Å²) in [5, 5.41) is 11.0. The van der Waals surface area contributed by atoms with Gasteiger partial charge in [0.25, 0.3) is 5.91 Å². The SMILES string of the molecule is CCOc1ccccc1CN1C(=O)[C@](O)(CC(C)=O)c2ccccc21. The first kappa shape index (κ1) is 17.2. The molecule has 2 aromatic carbocycles. The molecule has 0 fully saturated rings. The normalized spacial score (nSPS) is 19.0. The minimum atomic E-state index is -1.80. The van der Waals surface area contributed by atoms with Gasteiger partial charge in [-0.25, -0.2) is 0 Å². The number of rotatable bonds is 6. The van der Waals surface area contributed by atoms with E-state index >= 15 is 0 Å². The highest BCUT2D eigenvalue weighted by Crippen LogP contribution is 2.43. The number of benzene rings is 2. The molecule has 5 nitrogen and oxygen atoms in total. The van der Waals surface area contributed by atoms with Gasteiger partial charge in [0.1, 0.15) is 11.5 Å². The summed E-state index contributed by atoms with van der Waals surface area (Å²) in [5.41, 5.74) is 0.148. The Morgan fingerprint density at radius 3 is 2.56 bits per heavy atom. The van der Waals surface area contributed by atoms with Gasteiger partial charge in [-0.2, -0.15) is 0 Å². The Balaban J connectivity index is 2.01. The third-order valence-electron chi connectivity index (χ3n) is 4.35. The van der Waals surface area contributed by atoms with Crippen molar-refractivity contribution in [3.05, 3.63) is 59.7 Å². The molecule has 2 aromatic rings. The van der Waals surface area contributed by atoms with E-state index < -0.39 is 11.5 Å². The number of carbonyl (C=O) groups is 2. The Bertz CT molecular complexity index is 817. The average Bonchev–Trinajstić information content (AvgIpc) is 2.78. The quantitative estimate of drug-likeness (QED) is 0.879. The summed E-state index contributed by atoms with van der Waals surface area (Å²) in [6, 6.07) is 14.6. The van der Waals surface area contributed by atoms with E-state index in [2.05, 4.69) is 0 Å². The molecule has 0 saturated carbocycles. The van der Waals surface area contributed by atoms with E-state index in [4.69, 9.17) is 4.74 Å². The Hall–Kier alpha value is -2.66. The van der Waals surface area contributed by atoms with Crippen LogP contribution in [0.25, 0.3) is 0 Å². The third-order valence-corrected chi connectivity index (χ3v) is 4.35.